The van der Waals surface area contributed by atoms with Crippen LogP contribution in [0.3, 0.4) is 0 Å². The minimum atomic E-state index is -1.61. The molecule has 254 valence electrons. The van der Waals surface area contributed by atoms with Crippen molar-refractivity contribution < 1.29 is 51.9 Å². The average molecular weight is 656 g/mol. The summed E-state index contributed by atoms with van der Waals surface area (Å²) in [5, 5.41) is 29.1. The third kappa shape index (κ3) is 7.40. The zero-order chi connectivity index (χ0) is 33.3. The molecule has 4 heterocycles. The van der Waals surface area contributed by atoms with E-state index in [0.717, 1.165) is 12.1 Å². The van der Waals surface area contributed by atoms with Crippen LogP contribution in [0.4, 0.5) is 22.8 Å². The Bertz CT molecular complexity index is 1380. The van der Waals surface area contributed by atoms with Gasteiger partial charge in [-0.3, -0.25) is 0 Å². The lowest BCUT2D eigenvalue weighted by atomic mass is 9.89. The van der Waals surface area contributed by atoms with Gasteiger partial charge in [0.05, 0.1) is 25.5 Å². The van der Waals surface area contributed by atoms with Gasteiger partial charge in [-0.05, 0) is 51.7 Å². The number of ether oxygens (including phenoxy) is 4. The Kier molecular flexibility index (Phi) is 10.1. The summed E-state index contributed by atoms with van der Waals surface area (Å²) in [6, 6.07) is 0.607. The summed E-state index contributed by atoms with van der Waals surface area (Å²) in [5.41, 5.74) is -0.631. The highest BCUT2D eigenvalue weighted by molar-refractivity contribution is 5.70. The highest BCUT2D eigenvalue weighted by atomic mass is 19.2. The number of rotatable bonds is 8. The Balaban J connectivity index is 1.23. The number of amides is 2. The van der Waals surface area contributed by atoms with Gasteiger partial charge >= 0.3 is 12.2 Å². The van der Waals surface area contributed by atoms with E-state index >= 15 is 0 Å². The highest BCUT2D eigenvalue weighted by Crippen LogP contribution is 2.36. The molecule has 3 aliphatic rings. The summed E-state index contributed by atoms with van der Waals surface area (Å²) in [5.74, 6) is -4.22. The van der Waals surface area contributed by atoms with Crippen molar-refractivity contribution in [3.05, 3.63) is 35.8 Å². The van der Waals surface area contributed by atoms with Crippen molar-refractivity contribution in [3.63, 3.8) is 0 Å². The molecular weight excluding hydrogens is 615 g/mol. The molecule has 2 aromatic rings. The highest BCUT2D eigenvalue weighted by Gasteiger charge is 2.49. The maximum atomic E-state index is 13.9. The number of likely N-dealkylation sites (tertiary alicyclic amines) is 1. The fourth-order valence-corrected chi connectivity index (χ4v) is 6.26. The monoisotopic (exact) mass is 655 g/mol. The van der Waals surface area contributed by atoms with Gasteiger partial charge in [-0.2, -0.15) is 0 Å². The van der Waals surface area contributed by atoms with Crippen LogP contribution in [-0.2, 0) is 18.9 Å². The standard InChI is InChI=1S/C30H40F3N5O8/c1-30(2,3)46-29(42)36-7-5-16(6-8-36)12-37-13-18(44-28(37)41)11-22-27(43-4)25(26(40)23(15-39)45-22)38-14-21(34-35-38)17-9-19(31)24(33)20(32)10-17/h9-10,14,16,18,22-23,25-27,39-40H,5-8,11-13,15H2,1-4H3/t18?,22-,23-,25+,26+,27+/m1/s1. The van der Waals surface area contributed by atoms with Crippen LogP contribution in [0, 0.1) is 23.4 Å². The molecule has 0 radical (unpaired) electrons. The number of carbonyl (C=O) groups is 2. The zero-order valence-corrected chi connectivity index (χ0v) is 26.1. The molecule has 46 heavy (non-hydrogen) atoms. The first-order valence-electron chi connectivity index (χ1n) is 15.2. The summed E-state index contributed by atoms with van der Waals surface area (Å²) in [4.78, 5) is 28.5. The third-order valence-electron chi connectivity index (χ3n) is 8.52. The van der Waals surface area contributed by atoms with Crippen LogP contribution >= 0.6 is 0 Å². The molecule has 3 aliphatic heterocycles. The summed E-state index contributed by atoms with van der Waals surface area (Å²) < 4.78 is 65.3. The van der Waals surface area contributed by atoms with Crippen LogP contribution < -0.4 is 0 Å². The van der Waals surface area contributed by atoms with Gasteiger partial charge in [0.25, 0.3) is 0 Å². The van der Waals surface area contributed by atoms with Crippen LogP contribution in [0.15, 0.2) is 18.3 Å². The number of cyclic esters (lactones) is 1. The number of nitrogens with zero attached hydrogens (tertiary/aromatic N) is 5. The predicted octanol–water partition coefficient (Wildman–Crippen LogP) is 2.90. The van der Waals surface area contributed by atoms with Gasteiger partial charge in [0.2, 0.25) is 0 Å². The maximum absolute atomic E-state index is 13.9. The SMILES string of the molecule is CO[C@@H]1[C@@H](n2cc(-c3cc(F)c(F)c(F)c3)nn2)[C@@H](O)[C@@H](CO)O[C@@H]1CC1CN(CC2CCN(C(=O)OC(C)(C)C)CC2)C(=O)O1. The molecule has 0 spiro atoms. The third-order valence-corrected chi connectivity index (χ3v) is 8.52. The van der Waals surface area contributed by atoms with Gasteiger partial charge in [-0.25, -0.2) is 27.4 Å². The van der Waals surface area contributed by atoms with E-state index in [0.29, 0.717) is 32.5 Å². The second-order valence-electron chi connectivity index (χ2n) is 13.0. The molecule has 5 rings (SSSR count). The van der Waals surface area contributed by atoms with Gasteiger partial charge in [-0.15, -0.1) is 5.10 Å². The van der Waals surface area contributed by atoms with Gasteiger partial charge in [0, 0.05) is 38.7 Å². The zero-order valence-electron chi connectivity index (χ0n) is 26.1. The molecule has 1 unspecified atom stereocenters. The predicted molar refractivity (Wildman–Crippen MR) is 154 cm³/mol. The first-order chi connectivity index (χ1) is 21.8. The van der Waals surface area contributed by atoms with Crippen molar-refractivity contribution in [2.45, 2.75) is 82.2 Å². The average Bonchev–Trinajstić information content (AvgIpc) is 3.62. The number of aliphatic hydroxyl groups is 2. The largest absolute Gasteiger partial charge is 0.444 e. The quantitative estimate of drug-likeness (QED) is 0.407. The smallest absolute Gasteiger partial charge is 0.410 e. The minimum absolute atomic E-state index is 0.0146. The fraction of sp³-hybridized carbons (Fsp3) is 0.667. The van der Waals surface area contributed by atoms with Gasteiger partial charge in [0.1, 0.15) is 41.8 Å². The van der Waals surface area contributed by atoms with Crippen LogP contribution in [0.2, 0.25) is 0 Å². The van der Waals surface area contributed by atoms with E-state index < -0.39 is 72.3 Å². The Morgan fingerprint density at radius 2 is 1.80 bits per heavy atom. The van der Waals surface area contributed by atoms with Gasteiger partial charge in [0.15, 0.2) is 17.5 Å². The van der Waals surface area contributed by atoms with Crippen molar-refractivity contribution in [1.82, 2.24) is 24.8 Å². The summed E-state index contributed by atoms with van der Waals surface area (Å²) in [7, 11) is 1.40. The summed E-state index contributed by atoms with van der Waals surface area (Å²) in [6.07, 6.45) is -2.49. The first kappa shape index (κ1) is 33.9. The van der Waals surface area contributed by atoms with Crippen molar-refractivity contribution >= 4 is 12.2 Å². The Hall–Kier alpha value is -3.47. The molecule has 6 atom stereocenters. The Morgan fingerprint density at radius 3 is 2.41 bits per heavy atom. The molecule has 2 N–H and O–H groups in total. The van der Waals surface area contributed by atoms with E-state index in [9.17, 15) is 33.0 Å². The Morgan fingerprint density at radius 1 is 1.13 bits per heavy atom. The van der Waals surface area contributed by atoms with E-state index in [4.69, 9.17) is 18.9 Å². The van der Waals surface area contributed by atoms with Crippen molar-refractivity contribution in [1.29, 1.82) is 0 Å². The van der Waals surface area contributed by atoms with Crippen LogP contribution in [0.1, 0.15) is 46.1 Å². The first-order valence-corrected chi connectivity index (χ1v) is 15.2. The van der Waals surface area contributed by atoms with Crippen molar-refractivity contribution in [2.24, 2.45) is 5.92 Å². The molecular formula is C30H40F3N5O8. The van der Waals surface area contributed by atoms with E-state index in [-0.39, 0.29) is 36.2 Å². The lowest BCUT2D eigenvalue weighted by Crippen LogP contribution is -2.57. The summed E-state index contributed by atoms with van der Waals surface area (Å²) in [6.45, 7) is 6.71. The van der Waals surface area contributed by atoms with Crippen molar-refractivity contribution in [2.75, 3.05) is 39.9 Å². The molecule has 0 saturated carbocycles. The number of methoxy groups -OCH3 is 1. The number of aromatic nitrogens is 3. The van der Waals surface area contributed by atoms with E-state index in [1.165, 1.54) is 18.0 Å². The number of hydrogen-bond acceptors (Lipinski definition) is 10. The number of benzene rings is 1. The Labute approximate surface area is 264 Å². The lowest BCUT2D eigenvalue weighted by Gasteiger charge is -2.44. The van der Waals surface area contributed by atoms with E-state index in [1.54, 1.807) is 9.80 Å². The van der Waals surface area contributed by atoms with Crippen molar-refractivity contribution in [3.8, 4) is 11.3 Å². The van der Waals surface area contributed by atoms with E-state index in [1.807, 2.05) is 20.8 Å². The van der Waals surface area contributed by atoms with Gasteiger partial charge in [-0.1, -0.05) is 5.21 Å². The molecule has 13 nitrogen and oxygen atoms in total. The maximum Gasteiger partial charge on any atom is 0.410 e. The van der Waals surface area contributed by atoms with Crippen LogP contribution in [-0.4, -0.2) is 123 Å². The second kappa shape index (κ2) is 13.7. The molecule has 3 fully saturated rings. The molecule has 1 aromatic carbocycles. The molecule has 3 saturated heterocycles. The number of piperidine rings is 1. The molecule has 2 amide bonds. The number of hydrogen-bond donors (Lipinski definition) is 2. The molecule has 0 aliphatic carbocycles. The van der Waals surface area contributed by atoms with Gasteiger partial charge < -0.3 is 39.0 Å². The number of carbonyl (C=O) groups excluding carboxylic acids is 2. The number of halogens is 3. The lowest BCUT2D eigenvalue weighted by molar-refractivity contribution is -0.217. The molecule has 16 heteroatoms. The second-order valence-corrected chi connectivity index (χ2v) is 13.0. The minimum Gasteiger partial charge on any atom is -0.444 e. The molecule has 1 aromatic heterocycles. The molecule has 0 bridgehead atoms. The topological polar surface area (TPSA) is 149 Å². The fourth-order valence-electron chi connectivity index (χ4n) is 6.26. The van der Waals surface area contributed by atoms with E-state index in [2.05, 4.69) is 10.3 Å². The summed E-state index contributed by atoms with van der Waals surface area (Å²) >= 11 is 0. The van der Waals surface area contributed by atoms with Crippen LogP contribution in [0.5, 0.6) is 0 Å². The normalized spacial score (nSPS) is 27.6. The van der Waals surface area contributed by atoms with Crippen LogP contribution in [0.25, 0.3) is 11.3 Å². The number of aliphatic hydroxyl groups excluding tert-OH is 2.